The van der Waals surface area contributed by atoms with Crippen LogP contribution in [0, 0.1) is 5.92 Å². The number of hydrogen-bond acceptors (Lipinski definition) is 4. The third-order valence-corrected chi connectivity index (χ3v) is 6.69. The van der Waals surface area contributed by atoms with Crippen LogP contribution in [-0.2, 0) is 14.8 Å². The fourth-order valence-corrected chi connectivity index (χ4v) is 4.61. The number of amides is 1. The molecule has 1 N–H and O–H groups in total. The van der Waals surface area contributed by atoms with Crippen LogP contribution in [0.5, 0.6) is 0 Å². The van der Waals surface area contributed by atoms with Gasteiger partial charge in [-0.1, -0.05) is 0 Å². The second kappa shape index (κ2) is 7.85. The summed E-state index contributed by atoms with van der Waals surface area (Å²) in [6.45, 7) is 3.37. The van der Waals surface area contributed by atoms with Crippen LogP contribution in [0.1, 0.15) is 32.1 Å². The van der Waals surface area contributed by atoms with Crippen LogP contribution >= 0.6 is 0 Å². The molecule has 2 saturated heterocycles. The second-order valence-electron chi connectivity index (χ2n) is 7.08. The maximum absolute atomic E-state index is 12.4. The number of rotatable bonds is 6. The fourth-order valence-electron chi connectivity index (χ4n) is 3.56. The van der Waals surface area contributed by atoms with E-state index in [0.717, 1.165) is 44.5 Å². The molecule has 0 atom stereocenters. The zero-order chi connectivity index (χ0) is 17.9. The molecule has 2 aliphatic heterocycles. The molecule has 0 saturated carbocycles. The zero-order valence-electron chi connectivity index (χ0n) is 14.8. The summed E-state index contributed by atoms with van der Waals surface area (Å²) in [6, 6.07) is 6.60. The van der Waals surface area contributed by atoms with Gasteiger partial charge in [0.1, 0.15) is 0 Å². The number of carbonyl (C=O) groups excluding carboxylic acids is 1. The lowest BCUT2D eigenvalue weighted by atomic mass is 9.94. The lowest BCUT2D eigenvalue weighted by Gasteiger charge is -2.28. The Morgan fingerprint density at radius 3 is 2.40 bits per heavy atom. The molecular formula is C18H27N3O3S. The zero-order valence-corrected chi connectivity index (χ0v) is 15.6. The largest absolute Gasteiger partial charge is 0.312 e. The summed E-state index contributed by atoms with van der Waals surface area (Å²) in [4.78, 5) is 16.0. The highest BCUT2D eigenvalue weighted by Gasteiger charge is 2.23. The van der Waals surface area contributed by atoms with Crippen molar-refractivity contribution in [1.82, 2.24) is 9.62 Å². The fraction of sp³-hybridized carbons (Fsp3) is 0.611. The second-order valence-corrected chi connectivity index (χ2v) is 8.84. The van der Waals surface area contributed by atoms with Gasteiger partial charge in [0.2, 0.25) is 15.9 Å². The number of nitrogens with zero attached hydrogens (tertiary/aromatic N) is 2. The van der Waals surface area contributed by atoms with Crippen molar-refractivity contribution in [2.24, 2.45) is 5.92 Å². The number of anilines is 1. The van der Waals surface area contributed by atoms with Gasteiger partial charge in [-0.25, -0.2) is 13.1 Å². The number of carbonyl (C=O) groups is 1. The first-order valence-corrected chi connectivity index (χ1v) is 10.5. The SMILES string of the molecule is CN1CCC(CCNS(=O)(=O)c2ccc(N3CCCC3=O)cc2)CC1. The third kappa shape index (κ3) is 4.59. The summed E-state index contributed by atoms with van der Waals surface area (Å²) >= 11 is 0. The number of piperidine rings is 1. The normalized spacial score (nSPS) is 20.4. The van der Waals surface area contributed by atoms with Crippen LogP contribution < -0.4 is 9.62 Å². The van der Waals surface area contributed by atoms with Gasteiger partial charge in [-0.05, 0) is 76.0 Å². The van der Waals surface area contributed by atoms with E-state index in [1.54, 1.807) is 29.2 Å². The third-order valence-electron chi connectivity index (χ3n) is 5.21. The van der Waals surface area contributed by atoms with Gasteiger partial charge < -0.3 is 9.80 Å². The molecule has 2 aliphatic rings. The highest BCUT2D eigenvalue weighted by Crippen LogP contribution is 2.23. The molecule has 25 heavy (non-hydrogen) atoms. The van der Waals surface area contributed by atoms with Gasteiger partial charge in [-0.2, -0.15) is 0 Å². The Morgan fingerprint density at radius 2 is 1.80 bits per heavy atom. The van der Waals surface area contributed by atoms with Gasteiger partial charge >= 0.3 is 0 Å². The van der Waals surface area contributed by atoms with E-state index in [0.29, 0.717) is 25.4 Å². The Kier molecular flexibility index (Phi) is 5.76. The highest BCUT2D eigenvalue weighted by molar-refractivity contribution is 7.89. The van der Waals surface area contributed by atoms with Crippen molar-refractivity contribution in [3.05, 3.63) is 24.3 Å². The molecule has 0 aliphatic carbocycles. The quantitative estimate of drug-likeness (QED) is 0.835. The van der Waals surface area contributed by atoms with Crippen molar-refractivity contribution >= 4 is 21.6 Å². The maximum Gasteiger partial charge on any atom is 0.240 e. The minimum atomic E-state index is -3.49. The summed E-state index contributed by atoms with van der Waals surface area (Å²) in [5.41, 5.74) is 0.771. The molecule has 3 rings (SSSR count). The van der Waals surface area contributed by atoms with Gasteiger partial charge in [-0.3, -0.25) is 4.79 Å². The van der Waals surface area contributed by atoms with Crippen LogP contribution in [-0.4, -0.2) is 52.5 Å². The van der Waals surface area contributed by atoms with Crippen molar-refractivity contribution in [2.75, 3.05) is 38.1 Å². The number of likely N-dealkylation sites (tertiary alicyclic amines) is 1. The molecule has 138 valence electrons. The smallest absolute Gasteiger partial charge is 0.240 e. The van der Waals surface area contributed by atoms with Gasteiger partial charge in [0.15, 0.2) is 0 Å². The molecule has 2 heterocycles. The first-order chi connectivity index (χ1) is 12.0. The van der Waals surface area contributed by atoms with Crippen LogP contribution in [0.4, 0.5) is 5.69 Å². The summed E-state index contributed by atoms with van der Waals surface area (Å²) < 4.78 is 27.6. The maximum atomic E-state index is 12.4. The van der Waals surface area contributed by atoms with Crippen molar-refractivity contribution in [2.45, 2.75) is 37.0 Å². The summed E-state index contributed by atoms with van der Waals surface area (Å²) in [5, 5.41) is 0. The summed E-state index contributed by atoms with van der Waals surface area (Å²) in [7, 11) is -1.37. The molecule has 7 heteroatoms. The first kappa shape index (κ1) is 18.4. The number of hydrogen-bond donors (Lipinski definition) is 1. The Hall–Kier alpha value is -1.44. The van der Waals surface area contributed by atoms with Crippen LogP contribution in [0.15, 0.2) is 29.2 Å². The van der Waals surface area contributed by atoms with Crippen molar-refractivity contribution in [3.8, 4) is 0 Å². The molecule has 0 radical (unpaired) electrons. The van der Waals surface area contributed by atoms with Crippen LogP contribution in [0.2, 0.25) is 0 Å². The Balaban J connectivity index is 1.54. The molecule has 0 spiro atoms. The predicted molar refractivity (Wildman–Crippen MR) is 98.1 cm³/mol. The van der Waals surface area contributed by atoms with Gasteiger partial charge in [-0.15, -0.1) is 0 Å². The van der Waals surface area contributed by atoms with Crippen molar-refractivity contribution < 1.29 is 13.2 Å². The lowest BCUT2D eigenvalue weighted by molar-refractivity contribution is -0.117. The first-order valence-electron chi connectivity index (χ1n) is 9.04. The van der Waals surface area contributed by atoms with Gasteiger partial charge in [0.05, 0.1) is 4.90 Å². The molecule has 0 unspecified atom stereocenters. The Labute approximate surface area is 150 Å². The molecule has 1 amide bonds. The van der Waals surface area contributed by atoms with E-state index in [1.807, 2.05) is 0 Å². The molecule has 1 aromatic carbocycles. The van der Waals surface area contributed by atoms with E-state index in [9.17, 15) is 13.2 Å². The lowest BCUT2D eigenvalue weighted by Crippen LogP contribution is -2.32. The Morgan fingerprint density at radius 1 is 1.12 bits per heavy atom. The average Bonchev–Trinajstić information content (AvgIpc) is 3.03. The Bertz CT molecular complexity index is 695. The molecule has 6 nitrogen and oxygen atoms in total. The topological polar surface area (TPSA) is 69.7 Å². The van der Waals surface area contributed by atoms with E-state index >= 15 is 0 Å². The van der Waals surface area contributed by atoms with E-state index in [1.165, 1.54) is 0 Å². The molecular weight excluding hydrogens is 338 g/mol. The minimum absolute atomic E-state index is 0.104. The molecule has 1 aromatic rings. The number of benzene rings is 1. The van der Waals surface area contributed by atoms with Crippen molar-refractivity contribution in [1.29, 1.82) is 0 Å². The van der Waals surface area contributed by atoms with E-state index in [-0.39, 0.29) is 10.8 Å². The number of nitrogens with one attached hydrogen (secondary N) is 1. The molecule has 0 bridgehead atoms. The van der Waals surface area contributed by atoms with E-state index in [2.05, 4.69) is 16.7 Å². The monoisotopic (exact) mass is 365 g/mol. The van der Waals surface area contributed by atoms with Gasteiger partial charge in [0, 0.05) is 25.2 Å². The van der Waals surface area contributed by atoms with E-state index in [4.69, 9.17) is 0 Å². The van der Waals surface area contributed by atoms with Gasteiger partial charge in [0.25, 0.3) is 0 Å². The number of sulfonamides is 1. The molecule has 0 aromatic heterocycles. The summed E-state index contributed by atoms with van der Waals surface area (Å²) in [6.07, 6.45) is 4.58. The summed E-state index contributed by atoms with van der Waals surface area (Å²) in [5.74, 6) is 0.703. The van der Waals surface area contributed by atoms with E-state index < -0.39 is 10.0 Å². The minimum Gasteiger partial charge on any atom is -0.312 e. The highest BCUT2D eigenvalue weighted by atomic mass is 32.2. The predicted octanol–water partition coefficient (Wildman–Crippen LogP) is 1.82. The molecule has 2 fully saturated rings. The van der Waals surface area contributed by atoms with Crippen LogP contribution in [0.3, 0.4) is 0 Å². The standard InChI is InChI=1S/C18H27N3O3S/c1-20-13-9-15(10-14-20)8-11-19-25(23,24)17-6-4-16(5-7-17)21-12-2-3-18(21)22/h4-7,15,19H,2-3,8-14H2,1H3. The average molecular weight is 365 g/mol. The van der Waals surface area contributed by atoms with Crippen LogP contribution in [0.25, 0.3) is 0 Å². The van der Waals surface area contributed by atoms with Crippen molar-refractivity contribution in [3.63, 3.8) is 0 Å².